The van der Waals surface area contributed by atoms with Gasteiger partial charge in [0, 0.05) is 16.0 Å². The van der Waals surface area contributed by atoms with Gasteiger partial charge < -0.3 is 15.2 Å². The molecule has 0 aromatic heterocycles. The first-order valence-electron chi connectivity index (χ1n) is 7.49. The molecule has 26 heavy (non-hydrogen) atoms. The third-order valence-corrected chi connectivity index (χ3v) is 4.44. The second-order valence-electron chi connectivity index (χ2n) is 6.12. The molecule has 142 valence electrons. The van der Waals surface area contributed by atoms with Crippen LogP contribution in [0.2, 0.25) is 10.0 Å². The average Bonchev–Trinajstić information content (AvgIpc) is 2.50. The van der Waals surface area contributed by atoms with Gasteiger partial charge in [-0.15, -0.1) is 11.8 Å². The van der Waals surface area contributed by atoms with Crippen molar-refractivity contribution in [2.24, 2.45) is 0 Å². The number of carbonyl (C=O) groups excluding carboxylic acids is 2. The normalized spacial score (nSPS) is 11.4. The first-order valence-corrected chi connectivity index (χ1v) is 9.23. The number of nitrogens with one attached hydrogen (secondary N) is 1. The number of hydrogen-bond acceptors (Lipinski definition) is 5. The molecule has 1 amide bonds. The van der Waals surface area contributed by atoms with Crippen LogP contribution < -0.4 is 5.32 Å². The SMILES string of the molecule is CC(C)(C)OC(=O)CNC(=O)C=Cc1cc(Cl)c(SCC(=O)O)cc1Cl. The van der Waals surface area contributed by atoms with Crippen LogP contribution in [0, 0.1) is 0 Å². The van der Waals surface area contributed by atoms with Gasteiger partial charge in [-0.3, -0.25) is 14.4 Å². The summed E-state index contributed by atoms with van der Waals surface area (Å²) < 4.78 is 5.08. The highest BCUT2D eigenvalue weighted by atomic mass is 35.5. The van der Waals surface area contributed by atoms with Crippen molar-refractivity contribution in [3.63, 3.8) is 0 Å². The fourth-order valence-electron chi connectivity index (χ4n) is 1.68. The molecule has 0 saturated heterocycles. The standard InChI is InChI=1S/C17H19Cl2NO5S/c1-17(2,3)25-16(24)8-20-14(21)5-4-10-6-12(19)13(7-11(10)18)26-9-15(22)23/h4-7H,8-9H2,1-3H3,(H,20,21)(H,22,23). The number of amides is 1. The Hall–Kier alpha value is -1.70. The number of rotatable bonds is 7. The van der Waals surface area contributed by atoms with Gasteiger partial charge in [0.25, 0.3) is 0 Å². The largest absolute Gasteiger partial charge is 0.481 e. The second-order valence-corrected chi connectivity index (χ2v) is 7.96. The molecule has 0 saturated carbocycles. The molecule has 0 atom stereocenters. The summed E-state index contributed by atoms with van der Waals surface area (Å²) in [6, 6.07) is 3.07. The average molecular weight is 420 g/mol. The quantitative estimate of drug-likeness (QED) is 0.398. The zero-order chi connectivity index (χ0) is 19.9. The first kappa shape index (κ1) is 22.3. The van der Waals surface area contributed by atoms with Crippen molar-refractivity contribution in [1.29, 1.82) is 0 Å². The maximum Gasteiger partial charge on any atom is 0.325 e. The fourth-order valence-corrected chi connectivity index (χ4v) is 2.99. The summed E-state index contributed by atoms with van der Waals surface area (Å²) in [4.78, 5) is 34.5. The summed E-state index contributed by atoms with van der Waals surface area (Å²) in [5.74, 6) is -2.14. The summed E-state index contributed by atoms with van der Waals surface area (Å²) in [7, 11) is 0. The van der Waals surface area contributed by atoms with Gasteiger partial charge in [-0.2, -0.15) is 0 Å². The van der Waals surface area contributed by atoms with Crippen molar-refractivity contribution in [3.05, 3.63) is 33.8 Å². The zero-order valence-electron chi connectivity index (χ0n) is 14.5. The van der Waals surface area contributed by atoms with E-state index in [1.807, 2.05) is 0 Å². The lowest BCUT2D eigenvalue weighted by molar-refractivity contribution is -0.154. The van der Waals surface area contributed by atoms with Gasteiger partial charge in [-0.25, -0.2) is 0 Å². The van der Waals surface area contributed by atoms with E-state index in [0.29, 0.717) is 20.5 Å². The lowest BCUT2D eigenvalue weighted by Gasteiger charge is -2.19. The highest BCUT2D eigenvalue weighted by Crippen LogP contribution is 2.33. The van der Waals surface area contributed by atoms with Gasteiger partial charge >= 0.3 is 11.9 Å². The number of thioether (sulfide) groups is 1. The van der Waals surface area contributed by atoms with E-state index in [-0.39, 0.29) is 12.3 Å². The molecule has 1 aromatic carbocycles. The van der Waals surface area contributed by atoms with Crippen LogP contribution in [0.1, 0.15) is 26.3 Å². The van der Waals surface area contributed by atoms with Crippen LogP contribution >= 0.6 is 35.0 Å². The highest BCUT2D eigenvalue weighted by Gasteiger charge is 2.16. The number of esters is 1. The molecule has 6 nitrogen and oxygen atoms in total. The molecule has 1 rings (SSSR count). The lowest BCUT2D eigenvalue weighted by Crippen LogP contribution is -2.33. The van der Waals surface area contributed by atoms with E-state index in [2.05, 4.69) is 5.32 Å². The molecule has 1 aromatic rings. The van der Waals surface area contributed by atoms with Crippen molar-refractivity contribution in [1.82, 2.24) is 5.32 Å². The Morgan fingerprint density at radius 1 is 1.23 bits per heavy atom. The van der Waals surface area contributed by atoms with E-state index in [4.69, 9.17) is 33.0 Å². The number of carboxylic acid groups (broad SMARTS) is 1. The van der Waals surface area contributed by atoms with E-state index in [1.54, 1.807) is 20.8 Å². The molecule has 9 heteroatoms. The summed E-state index contributed by atoms with van der Waals surface area (Å²) in [5.41, 5.74) is -0.133. The summed E-state index contributed by atoms with van der Waals surface area (Å²) in [5, 5.41) is 11.8. The van der Waals surface area contributed by atoms with E-state index in [1.165, 1.54) is 24.3 Å². The van der Waals surface area contributed by atoms with E-state index in [9.17, 15) is 14.4 Å². The molecular formula is C17H19Cl2NO5S. The zero-order valence-corrected chi connectivity index (χ0v) is 16.8. The number of carbonyl (C=O) groups is 3. The van der Waals surface area contributed by atoms with Crippen molar-refractivity contribution in [2.75, 3.05) is 12.3 Å². The number of ether oxygens (including phenoxy) is 1. The molecule has 2 N–H and O–H groups in total. The Balaban J connectivity index is 2.67. The number of aliphatic carboxylic acids is 1. The maximum atomic E-state index is 11.8. The number of halogens is 2. The summed E-state index contributed by atoms with van der Waals surface area (Å²) in [6.45, 7) is 4.95. The van der Waals surface area contributed by atoms with Crippen molar-refractivity contribution < 1.29 is 24.2 Å². The summed E-state index contributed by atoms with van der Waals surface area (Å²) >= 11 is 13.3. The molecule has 0 aliphatic carbocycles. The van der Waals surface area contributed by atoms with Gasteiger partial charge in [-0.05, 0) is 44.5 Å². The van der Waals surface area contributed by atoms with E-state index >= 15 is 0 Å². The predicted molar refractivity (Wildman–Crippen MR) is 103 cm³/mol. The highest BCUT2D eigenvalue weighted by molar-refractivity contribution is 8.00. The molecule has 0 aliphatic heterocycles. The molecule has 0 bridgehead atoms. The maximum absolute atomic E-state index is 11.8. The van der Waals surface area contributed by atoms with Crippen LogP contribution in [0.3, 0.4) is 0 Å². The number of hydrogen-bond donors (Lipinski definition) is 2. The van der Waals surface area contributed by atoms with Crippen molar-refractivity contribution >= 4 is 58.9 Å². The predicted octanol–water partition coefficient (Wildman–Crippen LogP) is 3.64. The summed E-state index contributed by atoms with van der Waals surface area (Å²) in [6.07, 6.45) is 2.66. The van der Waals surface area contributed by atoms with E-state index < -0.39 is 23.4 Å². The van der Waals surface area contributed by atoms with E-state index in [0.717, 1.165) is 11.8 Å². The number of benzene rings is 1. The minimum Gasteiger partial charge on any atom is -0.481 e. The Labute approximate surface area is 165 Å². The molecule has 0 spiro atoms. The van der Waals surface area contributed by atoms with Crippen LogP contribution in [-0.4, -0.2) is 40.9 Å². The van der Waals surface area contributed by atoms with Crippen LogP contribution in [0.25, 0.3) is 6.08 Å². The second kappa shape index (κ2) is 9.85. The molecule has 0 heterocycles. The molecular weight excluding hydrogens is 401 g/mol. The Bertz CT molecular complexity index is 729. The van der Waals surface area contributed by atoms with Gasteiger partial charge in [0.2, 0.25) is 5.91 Å². The van der Waals surface area contributed by atoms with Crippen LogP contribution in [-0.2, 0) is 19.1 Å². The topological polar surface area (TPSA) is 92.7 Å². The smallest absolute Gasteiger partial charge is 0.325 e. The van der Waals surface area contributed by atoms with Crippen molar-refractivity contribution in [3.8, 4) is 0 Å². The first-order chi connectivity index (χ1) is 12.0. The molecule has 0 radical (unpaired) electrons. The molecule has 0 aliphatic rings. The third-order valence-electron chi connectivity index (χ3n) is 2.64. The van der Waals surface area contributed by atoms with Crippen LogP contribution in [0.4, 0.5) is 0 Å². The Morgan fingerprint density at radius 3 is 2.46 bits per heavy atom. The molecule has 0 unspecified atom stereocenters. The Kier molecular flexibility index (Phi) is 8.46. The lowest BCUT2D eigenvalue weighted by atomic mass is 10.2. The van der Waals surface area contributed by atoms with Gasteiger partial charge in [0.15, 0.2) is 0 Å². The van der Waals surface area contributed by atoms with Crippen LogP contribution in [0.15, 0.2) is 23.1 Å². The minimum absolute atomic E-state index is 0.141. The minimum atomic E-state index is -0.965. The monoisotopic (exact) mass is 419 g/mol. The van der Waals surface area contributed by atoms with Gasteiger partial charge in [0.05, 0.1) is 10.8 Å². The fraction of sp³-hybridized carbons (Fsp3) is 0.353. The number of carboxylic acids is 1. The Morgan fingerprint density at radius 2 is 1.88 bits per heavy atom. The van der Waals surface area contributed by atoms with Crippen LogP contribution in [0.5, 0.6) is 0 Å². The molecule has 0 fully saturated rings. The third kappa shape index (κ3) is 8.60. The van der Waals surface area contributed by atoms with Crippen molar-refractivity contribution in [2.45, 2.75) is 31.3 Å². The van der Waals surface area contributed by atoms with Gasteiger partial charge in [0.1, 0.15) is 12.1 Å². The van der Waals surface area contributed by atoms with Gasteiger partial charge in [-0.1, -0.05) is 23.2 Å².